The Morgan fingerprint density at radius 1 is 0.673 bits per heavy atom. The predicted molar refractivity (Wildman–Crippen MR) is 197 cm³/mol. The number of rotatable bonds is 5. The number of aryl methyl sites for hydroxylation is 1. The smallest absolute Gasteiger partial charge is 0.273 e. The van der Waals surface area contributed by atoms with Crippen molar-refractivity contribution in [1.29, 1.82) is 0 Å². The highest BCUT2D eigenvalue weighted by molar-refractivity contribution is 6.39. The molecule has 0 bridgehead atoms. The van der Waals surface area contributed by atoms with Gasteiger partial charge >= 0.3 is 0 Å². The van der Waals surface area contributed by atoms with Crippen LogP contribution in [0.25, 0.3) is 55.7 Å². The largest absolute Gasteiger partial charge is 0.508 e. The first-order chi connectivity index (χ1) is 25.3. The summed E-state index contributed by atoms with van der Waals surface area (Å²) in [5, 5.41) is 38.3. The highest BCUT2D eigenvalue weighted by atomic mass is 35.5. The second kappa shape index (κ2) is 12.4. The molecule has 0 amide bonds. The first kappa shape index (κ1) is 31.6. The summed E-state index contributed by atoms with van der Waals surface area (Å²) < 4.78 is 8.61. The number of halogens is 2. The third kappa shape index (κ3) is 5.45. The Hall–Kier alpha value is -6.38. The van der Waals surface area contributed by atoms with Gasteiger partial charge in [-0.1, -0.05) is 71.2 Å². The number of nitrogens with one attached hydrogen (secondary N) is 2. The number of methoxy groups -OCH3 is 1. The number of fused-ring (bicyclic) bond motifs is 8. The van der Waals surface area contributed by atoms with E-state index in [1.54, 1.807) is 34.3 Å². The van der Waals surface area contributed by atoms with Gasteiger partial charge in [-0.25, -0.2) is 0 Å². The van der Waals surface area contributed by atoms with Gasteiger partial charge in [0.05, 0.1) is 33.6 Å². The van der Waals surface area contributed by atoms with Gasteiger partial charge in [0.1, 0.15) is 22.5 Å². The Kier molecular flexibility index (Phi) is 7.56. The highest BCUT2D eigenvalue weighted by Crippen LogP contribution is 2.36. The molecule has 256 valence electrons. The molecule has 0 aliphatic carbocycles. The Morgan fingerprint density at radius 2 is 1.23 bits per heavy atom. The number of aromatic amines is 2. The van der Waals surface area contributed by atoms with Crippen molar-refractivity contribution in [3.8, 4) is 11.5 Å². The minimum atomic E-state index is 0.216. The van der Waals surface area contributed by atoms with Crippen LogP contribution in [0.4, 0.5) is 0 Å². The minimum absolute atomic E-state index is 0.216. The topological polar surface area (TPSA) is 173 Å². The number of hydrogen-bond acceptors (Lipinski definition) is 10. The molecule has 10 aromatic rings. The van der Waals surface area contributed by atoms with Gasteiger partial charge < -0.3 is 19.8 Å². The Morgan fingerprint density at radius 3 is 1.83 bits per heavy atom. The Labute approximate surface area is 303 Å². The number of benzene rings is 4. The number of aromatic nitrogens is 12. The number of aromatic hydroxyl groups is 1. The van der Waals surface area contributed by atoms with Crippen LogP contribution in [0.5, 0.6) is 11.5 Å². The van der Waals surface area contributed by atoms with Crippen molar-refractivity contribution in [1.82, 2.24) is 59.6 Å². The van der Waals surface area contributed by atoms with Crippen molar-refractivity contribution in [2.24, 2.45) is 0 Å². The van der Waals surface area contributed by atoms with Crippen LogP contribution in [0, 0.1) is 6.92 Å². The first-order valence-corrected chi connectivity index (χ1v) is 16.9. The number of phenolic OH excluding ortho intramolecular Hbond substituents is 1. The zero-order valence-corrected chi connectivity index (χ0v) is 29.0. The average Bonchev–Trinajstić information content (AvgIpc) is 3.92. The summed E-state index contributed by atoms with van der Waals surface area (Å²) in [6, 6.07) is 24.6. The monoisotopic (exact) mass is 728 g/mol. The van der Waals surface area contributed by atoms with Crippen molar-refractivity contribution < 1.29 is 9.84 Å². The number of phenols is 1. The molecule has 0 radical (unpaired) electrons. The van der Waals surface area contributed by atoms with Gasteiger partial charge in [0.15, 0.2) is 22.9 Å². The molecule has 4 aromatic carbocycles. The van der Waals surface area contributed by atoms with Crippen LogP contribution in [-0.2, 0) is 12.8 Å². The zero-order valence-electron chi connectivity index (χ0n) is 27.5. The number of hydrogen-bond donors (Lipinski definition) is 3. The van der Waals surface area contributed by atoms with Gasteiger partial charge in [-0.2, -0.15) is 29.2 Å². The first-order valence-electron chi connectivity index (χ1n) is 16.1. The standard InChI is InChI=1S/C18H13ClN6O2.C18H13ClN6/c1-27-12-7-6-11-14(15(12)19)16-17(20-11)21-18-23-22-13(25(18)24-16)8-9-2-4-10(26)5-3-9;1-10-5-7-11(8-6-10)9-14-22-23-18-21-17-16(24-25(14)18)15-12(19)3-2-4-13(15)20-17/h2-7,26H,8H2,1H3,(H,20,21,23);2-8H,9H2,1H3,(H,20,21,23). The van der Waals surface area contributed by atoms with E-state index in [0.29, 0.717) is 62.8 Å². The lowest BCUT2D eigenvalue weighted by atomic mass is 10.1. The summed E-state index contributed by atoms with van der Waals surface area (Å²) in [4.78, 5) is 15.5. The van der Waals surface area contributed by atoms with Gasteiger partial charge in [0.25, 0.3) is 11.6 Å². The fraction of sp³-hybridized carbons (Fsp3) is 0.111. The molecule has 0 aliphatic heterocycles. The van der Waals surface area contributed by atoms with Crippen LogP contribution in [0.1, 0.15) is 28.3 Å². The van der Waals surface area contributed by atoms with Gasteiger partial charge in [-0.3, -0.25) is 0 Å². The molecule has 3 N–H and O–H groups in total. The van der Waals surface area contributed by atoms with Crippen LogP contribution < -0.4 is 4.74 Å². The van der Waals surface area contributed by atoms with Crippen LogP contribution in [0.3, 0.4) is 0 Å². The quantitative estimate of drug-likeness (QED) is 0.171. The van der Waals surface area contributed by atoms with E-state index in [1.807, 2.05) is 36.4 Å². The van der Waals surface area contributed by atoms with Crippen LogP contribution >= 0.6 is 23.2 Å². The molecular formula is C36H26Cl2N12O2. The summed E-state index contributed by atoms with van der Waals surface area (Å²) in [5.74, 6) is 3.03. The van der Waals surface area contributed by atoms with E-state index in [9.17, 15) is 5.11 Å². The van der Waals surface area contributed by atoms with Crippen molar-refractivity contribution in [2.75, 3.05) is 7.11 Å². The number of ether oxygens (including phenoxy) is 1. The molecular weight excluding hydrogens is 703 g/mol. The second-order valence-corrected chi connectivity index (χ2v) is 13.0. The maximum atomic E-state index is 9.44. The average molecular weight is 730 g/mol. The molecule has 0 saturated carbocycles. The summed E-state index contributed by atoms with van der Waals surface area (Å²) >= 11 is 12.9. The van der Waals surface area contributed by atoms with E-state index in [0.717, 1.165) is 44.3 Å². The van der Waals surface area contributed by atoms with Crippen LogP contribution in [0.2, 0.25) is 10.0 Å². The zero-order chi connectivity index (χ0) is 35.5. The minimum Gasteiger partial charge on any atom is -0.508 e. The van der Waals surface area contributed by atoms with E-state index in [4.69, 9.17) is 33.0 Å². The highest BCUT2D eigenvalue weighted by Gasteiger charge is 2.18. The third-order valence-electron chi connectivity index (χ3n) is 8.75. The lowest BCUT2D eigenvalue weighted by Gasteiger charge is -2.03. The Balaban J connectivity index is 0.000000139. The molecule has 10 rings (SSSR count). The molecule has 52 heavy (non-hydrogen) atoms. The van der Waals surface area contributed by atoms with Crippen molar-refractivity contribution in [2.45, 2.75) is 19.8 Å². The molecule has 16 heteroatoms. The summed E-state index contributed by atoms with van der Waals surface area (Å²) in [5.41, 5.74) is 7.65. The van der Waals surface area contributed by atoms with E-state index in [1.165, 1.54) is 5.56 Å². The molecule has 14 nitrogen and oxygen atoms in total. The molecule has 0 spiro atoms. The van der Waals surface area contributed by atoms with Crippen LogP contribution in [-0.4, -0.2) is 71.8 Å². The van der Waals surface area contributed by atoms with Crippen molar-refractivity contribution in [3.63, 3.8) is 0 Å². The van der Waals surface area contributed by atoms with Gasteiger partial charge in [-0.15, -0.1) is 20.4 Å². The molecule has 0 aliphatic rings. The van der Waals surface area contributed by atoms with Gasteiger partial charge in [0.2, 0.25) is 0 Å². The maximum absolute atomic E-state index is 9.44. The predicted octanol–water partition coefficient (Wildman–Crippen LogP) is 6.82. The van der Waals surface area contributed by atoms with Crippen molar-refractivity contribution >= 4 is 78.9 Å². The van der Waals surface area contributed by atoms with Gasteiger partial charge in [0, 0.05) is 18.2 Å². The fourth-order valence-electron chi connectivity index (χ4n) is 6.14. The molecule has 0 fully saturated rings. The SMILES string of the molecule is COc1ccc2[nH]c3nc4nnc(Cc5ccc(O)cc5)n4nc3c2c1Cl.Cc1ccc(Cc2nnc3nc4[nH]c5cccc(Cl)c5c4nn23)cc1. The fourth-order valence-corrected chi connectivity index (χ4v) is 6.74. The van der Waals surface area contributed by atoms with Crippen LogP contribution in [0.15, 0.2) is 78.9 Å². The lowest BCUT2D eigenvalue weighted by Crippen LogP contribution is -2.01. The summed E-state index contributed by atoms with van der Waals surface area (Å²) in [7, 11) is 1.57. The molecule has 0 unspecified atom stereocenters. The molecule has 0 saturated heterocycles. The van der Waals surface area contributed by atoms with Crippen molar-refractivity contribution in [3.05, 3.63) is 117 Å². The lowest BCUT2D eigenvalue weighted by molar-refractivity contribution is 0.415. The number of nitrogens with zero attached hydrogens (tertiary/aromatic N) is 10. The summed E-state index contributed by atoms with van der Waals surface area (Å²) in [6.07, 6.45) is 1.14. The second-order valence-electron chi connectivity index (χ2n) is 12.2. The third-order valence-corrected chi connectivity index (χ3v) is 9.44. The van der Waals surface area contributed by atoms with Gasteiger partial charge in [-0.05, 0) is 54.4 Å². The maximum Gasteiger partial charge on any atom is 0.273 e. The van der Waals surface area contributed by atoms with E-state index < -0.39 is 0 Å². The van der Waals surface area contributed by atoms with E-state index in [-0.39, 0.29) is 5.75 Å². The molecule has 6 heterocycles. The molecule has 0 atom stereocenters. The number of H-pyrrole nitrogens is 2. The summed E-state index contributed by atoms with van der Waals surface area (Å²) in [6.45, 7) is 2.07. The normalized spacial score (nSPS) is 11.7. The molecule has 6 aromatic heterocycles. The Bertz CT molecular complexity index is 2950. The van der Waals surface area contributed by atoms with E-state index >= 15 is 0 Å². The van der Waals surface area contributed by atoms with E-state index in [2.05, 4.69) is 76.6 Å².